The zero-order valence-electron chi connectivity index (χ0n) is 7.28. The molecule has 0 heterocycles. The van der Waals surface area contributed by atoms with Crippen LogP contribution in [0.25, 0.3) is 0 Å². The third-order valence-corrected chi connectivity index (χ3v) is 1.72. The van der Waals surface area contributed by atoms with E-state index in [9.17, 15) is 8.78 Å². The number of anilines is 2. The van der Waals surface area contributed by atoms with Crippen LogP contribution >= 0.6 is 11.6 Å². The molecule has 14 heavy (non-hydrogen) atoms. The topological polar surface area (TPSA) is 38.0 Å². The van der Waals surface area contributed by atoms with Gasteiger partial charge in [-0.2, -0.15) is 0 Å². The van der Waals surface area contributed by atoms with Gasteiger partial charge < -0.3 is 11.1 Å². The highest BCUT2D eigenvalue weighted by atomic mass is 35.5. The number of hydrogen-bond acceptors (Lipinski definition) is 2. The van der Waals surface area contributed by atoms with Gasteiger partial charge in [0.15, 0.2) is 11.6 Å². The zero-order valence-corrected chi connectivity index (χ0v) is 8.04. The summed E-state index contributed by atoms with van der Waals surface area (Å²) < 4.78 is 25.9. The fourth-order valence-corrected chi connectivity index (χ4v) is 0.996. The first-order valence-electron chi connectivity index (χ1n) is 3.83. The van der Waals surface area contributed by atoms with Gasteiger partial charge in [0.2, 0.25) is 0 Å². The van der Waals surface area contributed by atoms with Crippen LogP contribution < -0.4 is 11.1 Å². The lowest BCUT2D eigenvalue weighted by Gasteiger charge is -2.09. The van der Waals surface area contributed by atoms with Gasteiger partial charge in [0.1, 0.15) is 0 Å². The molecule has 0 fully saturated rings. The van der Waals surface area contributed by atoms with Crippen LogP contribution in [0.5, 0.6) is 0 Å². The Balaban J connectivity index is 2.95. The van der Waals surface area contributed by atoms with Gasteiger partial charge in [-0.3, -0.25) is 0 Å². The molecule has 3 N–H and O–H groups in total. The van der Waals surface area contributed by atoms with Crippen LogP contribution in [0.4, 0.5) is 20.2 Å². The number of benzene rings is 1. The molecule has 0 atom stereocenters. The van der Waals surface area contributed by atoms with E-state index >= 15 is 0 Å². The van der Waals surface area contributed by atoms with Crippen molar-refractivity contribution in [2.45, 2.75) is 0 Å². The molecule has 1 rings (SSSR count). The van der Waals surface area contributed by atoms with Crippen LogP contribution in [-0.2, 0) is 0 Å². The number of halogens is 3. The highest BCUT2D eigenvalue weighted by molar-refractivity contribution is 6.29. The molecule has 1 aromatic rings. The van der Waals surface area contributed by atoms with Crippen molar-refractivity contribution in [3.05, 3.63) is 35.4 Å². The monoisotopic (exact) mass is 218 g/mol. The van der Waals surface area contributed by atoms with Crippen molar-refractivity contribution in [1.29, 1.82) is 0 Å². The average molecular weight is 219 g/mol. The number of rotatable bonds is 3. The van der Waals surface area contributed by atoms with E-state index in [1.807, 2.05) is 0 Å². The number of nitrogens with one attached hydrogen (secondary N) is 1. The van der Waals surface area contributed by atoms with E-state index in [2.05, 4.69) is 11.9 Å². The summed E-state index contributed by atoms with van der Waals surface area (Å²) >= 11 is 5.46. The summed E-state index contributed by atoms with van der Waals surface area (Å²) in [6.45, 7) is 3.53. The summed E-state index contributed by atoms with van der Waals surface area (Å²) in [6.07, 6.45) is 0. The van der Waals surface area contributed by atoms with Gasteiger partial charge in [-0.15, -0.1) is 0 Å². The summed E-state index contributed by atoms with van der Waals surface area (Å²) in [5.74, 6) is -1.97. The van der Waals surface area contributed by atoms with Crippen molar-refractivity contribution in [2.75, 3.05) is 17.6 Å². The summed E-state index contributed by atoms with van der Waals surface area (Å²) in [4.78, 5) is 0. The zero-order chi connectivity index (χ0) is 10.7. The second-order valence-corrected chi connectivity index (χ2v) is 3.23. The average Bonchev–Trinajstić information content (AvgIpc) is 2.11. The fourth-order valence-electron chi connectivity index (χ4n) is 0.930. The van der Waals surface area contributed by atoms with Gasteiger partial charge in [-0.05, 0) is 12.1 Å². The first kappa shape index (κ1) is 10.8. The molecule has 0 radical (unpaired) electrons. The van der Waals surface area contributed by atoms with Crippen LogP contribution in [0.15, 0.2) is 23.7 Å². The molecule has 0 amide bonds. The Morgan fingerprint density at radius 1 is 1.50 bits per heavy atom. The Labute approximate surface area is 85.4 Å². The molecular formula is C9H9ClF2N2. The third-order valence-electron chi connectivity index (χ3n) is 1.58. The first-order valence-corrected chi connectivity index (χ1v) is 4.20. The van der Waals surface area contributed by atoms with Gasteiger partial charge in [0.05, 0.1) is 17.9 Å². The lowest BCUT2D eigenvalue weighted by Crippen LogP contribution is -2.07. The minimum absolute atomic E-state index is 0.0909. The van der Waals surface area contributed by atoms with Gasteiger partial charge in [-0.25, -0.2) is 8.78 Å². The van der Waals surface area contributed by atoms with Crippen molar-refractivity contribution in [1.82, 2.24) is 0 Å². The maximum absolute atomic E-state index is 13.1. The molecule has 0 aliphatic rings. The highest BCUT2D eigenvalue weighted by Gasteiger charge is 2.10. The standard InChI is InChI=1S/C9H9ClF2N2/c1-5(10)4-14-9-7(13)3-2-6(11)8(9)12/h2-3,14H,1,4,13H2. The van der Waals surface area contributed by atoms with E-state index < -0.39 is 11.6 Å². The van der Waals surface area contributed by atoms with Crippen LogP contribution in [0, 0.1) is 11.6 Å². The van der Waals surface area contributed by atoms with Crippen molar-refractivity contribution >= 4 is 23.0 Å². The summed E-state index contributed by atoms with van der Waals surface area (Å²) in [6, 6.07) is 2.24. The molecule has 0 saturated heterocycles. The van der Waals surface area contributed by atoms with E-state index in [0.29, 0.717) is 0 Å². The molecule has 5 heteroatoms. The van der Waals surface area contributed by atoms with Crippen LogP contribution in [-0.4, -0.2) is 6.54 Å². The summed E-state index contributed by atoms with van der Waals surface area (Å²) in [5, 5.41) is 2.84. The lowest BCUT2D eigenvalue weighted by atomic mass is 10.2. The van der Waals surface area contributed by atoms with E-state index in [-0.39, 0.29) is 23.0 Å². The molecule has 1 aromatic carbocycles. The van der Waals surface area contributed by atoms with Gasteiger partial charge >= 0.3 is 0 Å². The van der Waals surface area contributed by atoms with Crippen LogP contribution in [0.3, 0.4) is 0 Å². The molecule has 0 unspecified atom stereocenters. The molecule has 0 saturated carbocycles. The van der Waals surface area contributed by atoms with E-state index in [1.54, 1.807) is 0 Å². The van der Waals surface area contributed by atoms with Crippen LogP contribution in [0.2, 0.25) is 0 Å². The number of nitrogens with two attached hydrogens (primary N) is 1. The highest BCUT2D eigenvalue weighted by Crippen LogP contribution is 2.24. The third kappa shape index (κ3) is 2.35. The van der Waals surface area contributed by atoms with E-state index in [4.69, 9.17) is 17.3 Å². The molecule has 0 aliphatic carbocycles. The van der Waals surface area contributed by atoms with Gasteiger partial charge in [0.25, 0.3) is 0 Å². The van der Waals surface area contributed by atoms with Crippen LogP contribution in [0.1, 0.15) is 0 Å². The first-order chi connectivity index (χ1) is 6.52. The Kier molecular flexibility index (Phi) is 3.30. The summed E-state index contributed by atoms with van der Waals surface area (Å²) in [5.41, 5.74) is 5.47. The number of hydrogen-bond donors (Lipinski definition) is 2. The molecule has 0 bridgehead atoms. The van der Waals surface area contributed by atoms with Crippen molar-refractivity contribution in [2.24, 2.45) is 0 Å². The minimum atomic E-state index is -1.01. The lowest BCUT2D eigenvalue weighted by molar-refractivity contribution is 0.511. The molecule has 0 spiro atoms. The van der Waals surface area contributed by atoms with E-state index in [1.165, 1.54) is 6.07 Å². The molecular weight excluding hydrogens is 210 g/mol. The van der Waals surface area contributed by atoms with Gasteiger partial charge in [0, 0.05) is 5.03 Å². The van der Waals surface area contributed by atoms with E-state index in [0.717, 1.165) is 6.07 Å². The normalized spacial score (nSPS) is 9.93. The largest absolute Gasteiger partial charge is 0.397 e. The second-order valence-electron chi connectivity index (χ2n) is 2.70. The Bertz CT molecular complexity index is 366. The molecule has 0 aliphatic heterocycles. The van der Waals surface area contributed by atoms with Crippen molar-refractivity contribution in [3.63, 3.8) is 0 Å². The predicted molar refractivity (Wildman–Crippen MR) is 54.3 cm³/mol. The quantitative estimate of drug-likeness (QED) is 0.766. The Morgan fingerprint density at radius 3 is 2.71 bits per heavy atom. The van der Waals surface area contributed by atoms with Crippen molar-refractivity contribution in [3.8, 4) is 0 Å². The predicted octanol–water partition coefficient (Wildman–Crippen LogP) is 2.71. The Morgan fingerprint density at radius 2 is 2.14 bits per heavy atom. The summed E-state index contributed by atoms with van der Waals surface area (Å²) in [7, 11) is 0. The molecule has 76 valence electrons. The smallest absolute Gasteiger partial charge is 0.183 e. The van der Waals surface area contributed by atoms with Gasteiger partial charge in [-0.1, -0.05) is 18.2 Å². The molecule has 0 aromatic heterocycles. The number of nitrogen functional groups attached to an aromatic ring is 1. The SMILES string of the molecule is C=C(Cl)CNc1c(N)ccc(F)c1F. The second kappa shape index (κ2) is 4.28. The minimum Gasteiger partial charge on any atom is -0.397 e. The molecule has 2 nitrogen and oxygen atoms in total. The maximum Gasteiger partial charge on any atom is 0.183 e. The van der Waals surface area contributed by atoms with Crippen molar-refractivity contribution < 1.29 is 8.78 Å². The maximum atomic E-state index is 13.1. The Hall–Kier alpha value is -1.29. The fraction of sp³-hybridized carbons (Fsp3) is 0.111.